The van der Waals surface area contributed by atoms with Crippen LogP contribution in [0.1, 0.15) is 30.4 Å². The minimum Gasteiger partial charge on any atom is -0.492 e. The summed E-state index contributed by atoms with van der Waals surface area (Å²) in [6.45, 7) is 7.21. The lowest BCUT2D eigenvalue weighted by Gasteiger charge is -2.28. The van der Waals surface area contributed by atoms with Crippen molar-refractivity contribution in [2.75, 3.05) is 36.5 Å². The Bertz CT molecular complexity index is 732. The first-order chi connectivity index (χ1) is 13.1. The van der Waals surface area contributed by atoms with Gasteiger partial charge in [-0.15, -0.1) is 0 Å². The number of anilines is 2. The van der Waals surface area contributed by atoms with Crippen LogP contribution in [0.15, 0.2) is 42.5 Å². The predicted molar refractivity (Wildman–Crippen MR) is 111 cm³/mol. The van der Waals surface area contributed by atoms with Gasteiger partial charge in [-0.05, 0) is 80.6 Å². The number of carbonyl (C=O) groups is 1. The highest BCUT2D eigenvalue weighted by atomic mass is 16.5. The van der Waals surface area contributed by atoms with Crippen LogP contribution in [-0.2, 0) is 0 Å². The van der Waals surface area contributed by atoms with Crippen molar-refractivity contribution in [3.05, 3.63) is 53.6 Å². The first-order valence-corrected chi connectivity index (χ1v) is 9.71. The molecule has 2 aromatic carbocycles. The molecule has 144 valence electrons. The quantitative estimate of drug-likeness (QED) is 0.740. The third-order valence-electron chi connectivity index (χ3n) is 4.70. The number of carbonyl (C=O) groups excluding carboxylic acids is 1. The summed E-state index contributed by atoms with van der Waals surface area (Å²) in [5.41, 5.74) is 4.36. The number of hydrogen-bond donors (Lipinski definition) is 2. The molecule has 0 aliphatic carbocycles. The SMILES string of the molecule is Cc1cc(C)cc(OCCNC(=O)Nc2ccc(N3CCCCC3)cc2)c1. The van der Waals surface area contributed by atoms with Gasteiger partial charge in [0.2, 0.25) is 0 Å². The number of benzene rings is 2. The van der Waals surface area contributed by atoms with Crippen LogP contribution >= 0.6 is 0 Å². The van der Waals surface area contributed by atoms with Crippen LogP contribution in [0.4, 0.5) is 16.2 Å². The lowest BCUT2D eigenvalue weighted by atomic mass is 10.1. The van der Waals surface area contributed by atoms with Gasteiger partial charge in [0.05, 0.1) is 6.54 Å². The Labute approximate surface area is 161 Å². The van der Waals surface area contributed by atoms with Crippen molar-refractivity contribution in [3.63, 3.8) is 0 Å². The number of urea groups is 1. The number of rotatable bonds is 6. The van der Waals surface area contributed by atoms with Gasteiger partial charge in [0, 0.05) is 24.5 Å². The molecule has 1 heterocycles. The smallest absolute Gasteiger partial charge is 0.319 e. The fraction of sp³-hybridized carbons (Fsp3) is 0.409. The van der Waals surface area contributed by atoms with Crippen LogP contribution in [-0.4, -0.2) is 32.3 Å². The molecule has 2 aromatic rings. The molecule has 0 radical (unpaired) electrons. The second-order valence-corrected chi connectivity index (χ2v) is 7.15. The highest BCUT2D eigenvalue weighted by Gasteiger charge is 2.10. The predicted octanol–water partition coefficient (Wildman–Crippen LogP) is 4.49. The molecule has 1 fully saturated rings. The van der Waals surface area contributed by atoms with Crippen molar-refractivity contribution in [1.29, 1.82) is 0 Å². The highest BCUT2D eigenvalue weighted by molar-refractivity contribution is 5.89. The summed E-state index contributed by atoms with van der Waals surface area (Å²) < 4.78 is 5.70. The first kappa shape index (κ1) is 19.1. The lowest BCUT2D eigenvalue weighted by Crippen LogP contribution is -2.32. The third-order valence-corrected chi connectivity index (χ3v) is 4.70. The highest BCUT2D eigenvalue weighted by Crippen LogP contribution is 2.21. The van der Waals surface area contributed by atoms with Crippen molar-refractivity contribution in [3.8, 4) is 5.75 Å². The molecular formula is C22H29N3O2. The van der Waals surface area contributed by atoms with Crippen LogP contribution in [0.3, 0.4) is 0 Å². The maximum atomic E-state index is 12.0. The fourth-order valence-electron chi connectivity index (χ4n) is 3.43. The topological polar surface area (TPSA) is 53.6 Å². The maximum Gasteiger partial charge on any atom is 0.319 e. The summed E-state index contributed by atoms with van der Waals surface area (Å²) in [5.74, 6) is 0.836. The zero-order valence-electron chi connectivity index (χ0n) is 16.3. The maximum absolute atomic E-state index is 12.0. The molecule has 0 bridgehead atoms. The van der Waals surface area contributed by atoms with Gasteiger partial charge in [-0.3, -0.25) is 0 Å². The number of ether oxygens (including phenoxy) is 1. The molecular weight excluding hydrogens is 338 g/mol. The normalized spacial score (nSPS) is 13.9. The second kappa shape index (κ2) is 9.31. The number of piperidine rings is 1. The van der Waals surface area contributed by atoms with Crippen LogP contribution in [0, 0.1) is 13.8 Å². The Morgan fingerprint density at radius 3 is 2.33 bits per heavy atom. The summed E-state index contributed by atoms with van der Waals surface area (Å²) in [6, 6.07) is 13.9. The summed E-state index contributed by atoms with van der Waals surface area (Å²) in [5, 5.41) is 5.69. The average Bonchev–Trinajstić information content (AvgIpc) is 2.66. The third kappa shape index (κ3) is 5.91. The molecule has 0 spiro atoms. The van der Waals surface area contributed by atoms with E-state index in [1.807, 2.05) is 38.1 Å². The van der Waals surface area contributed by atoms with Crippen molar-refractivity contribution >= 4 is 17.4 Å². The number of aryl methyl sites for hydroxylation is 2. The van der Waals surface area contributed by atoms with E-state index in [2.05, 4.69) is 33.7 Å². The summed E-state index contributed by atoms with van der Waals surface area (Å²) in [7, 11) is 0. The Kier molecular flexibility index (Phi) is 6.58. The largest absolute Gasteiger partial charge is 0.492 e. The van der Waals surface area contributed by atoms with E-state index in [0.717, 1.165) is 24.5 Å². The standard InChI is InChI=1S/C22H29N3O2/c1-17-14-18(2)16-21(15-17)27-13-10-23-22(26)24-19-6-8-20(9-7-19)25-11-4-3-5-12-25/h6-9,14-16H,3-5,10-13H2,1-2H3,(H2,23,24,26). The molecule has 5 heteroatoms. The van der Waals surface area contributed by atoms with E-state index in [4.69, 9.17) is 4.74 Å². The van der Waals surface area contributed by atoms with E-state index in [1.54, 1.807) is 0 Å². The molecule has 2 N–H and O–H groups in total. The Morgan fingerprint density at radius 1 is 1.00 bits per heavy atom. The molecule has 0 unspecified atom stereocenters. The monoisotopic (exact) mass is 367 g/mol. The van der Waals surface area contributed by atoms with Gasteiger partial charge in [-0.25, -0.2) is 4.79 Å². The Balaban J connectivity index is 1.39. The van der Waals surface area contributed by atoms with E-state index >= 15 is 0 Å². The molecule has 3 rings (SSSR count). The molecule has 1 aliphatic rings. The number of hydrogen-bond acceptors (Lipinski definition) is 3. The molecule has 5 nitrogen and oxygen atoms in total. The van der Waals surface area contributed by atoms with Crippen molar-refractivity contribution in [2.45, 2.75) is 33.1 Å². The van der Waals surface area contributed by atoms with Gasteiger partial charge in [0.25, 0.3) is 0 Å². The van der Waals surface area contributed by atoms with Crippen molar-refractivity contribution in [2.24, 2.45) is 0 Å². The Hall–Kier alpha value is -2.69. The van der Waals surface area contributed by atoms with Crippen LogP contribution in [0.5, 0.6) is 5.75 Å². The molecule has 27 heavy (non-hydrogen) atoms. The molecule has 0 atom stereocenters. The van der Waals surface area contributed by atoms with Crippen molar-refractivity contribution in [1.82, 2.24) is 5.32 Å². The lowest BCUT2D eigenvalue weighted by molar-refractivity contribution is 0.247. The molecule has 1 saturated heterocycles. The van der Waals surface area contributed by atoms with Gasteiger partial charge in [-0.1, -0.05) is 6.07 Å². The second-order valence-electron chi connectivity index (χ2n) is 7.15. The van der Waals surface area contributed by atoms with E-state index in [1.165, 1.54) is 36.1 Å². The zero-order valence-corrected chi connectivity index (χ0v) is 16.3. The first-order valence-electron chi connectivity index (χ1n) is 9.71. The molecule has 0 aromatic heterocycles. The van der Waals surface area contributed by atoms with Gasteiger partial charge >= 0.3 is 6.03 Å². The minimum atomic E-state index is -0.218. The average molecular weight is 367 g/mol. The van der Waals surface area contributed by atoms with Crippen LogP contribution in [0.25, 0.3) is 0 Å². The van der Waals surface area contributed by atoms with Gasteiger partial charge in [0.1, 0.15) is 12.4 Å². The van der Waals surface area contributed by atoms with E-state index < -0.39 is 0 Å². The van der Waals surface area contributed by atoms with E-state index in [0.29, 0.717) is 13.2 Å². The van der Waals surface area contributed by atoms with E-state index in [-0.39, 0.29) is 6.03 Å². The summed E-state index contributed by atoms with van der Waals surface area (Å²) >= 11 is 0. The van der Waals surface area contributed by atoms with Crippen molar-refractivity contribution < 1.29 is 9.53 Å². The van der Waals surface area contributed by atoms with Gasteiger partial charge in [-0.2, -0.15) is 0 Å². The Morgan fingerprint density at radius 2 is 1.67 bits per heavy atom. The van der Waals surface area contributed by atoms with Gasteiger partial charge < -0.3 is 20.3 Å². The minimum absolute atomic E-state index is 0.218. The van der Waals surface area contributed by atoms with Crippen LogP contribution in [0.2, 0.25) is 0 Å². The van der Waals surface area contributed by atoms with Crippen LogP contribution < -0.4 is 20.3 Å². The molecule has 0 saturated carbocycles. The fourth-order valence-corrected chi connectivity index (χ4v) is 3.43. The zero-order chi connectivity index (χ0) is 19.1. The number of nitrogens with zero attached hydrogens (tertiary/aromatic N) is 1. The van der Waals surface area contributed by atoms with E-state index in [9.17, 15) is 4.79 Å². The summed E-state index contributed by atoms with van der Waals surface area (Å²) in [6.07, 6.45) is 3.84. The van der Waals surface area contributed by atoms with Gasteiger partial charge in [0.15, 0.2) is 0 Å². The molecule has 1 aliphatic heterocycles. The molecule has 2 amide bonds. The number of amides is 2. The summed E-state index contributed by atoms with van der Waals surface area (Å²) in [4.78, 5) is 14.4. The number of nitrogens with one attached hydrogen (secondary N) is 2.